The number of ether oxygens (including phenoxy) is 2. The summed E-state index contributed by atoms with van der Waals surface area (Å²) in [5.74, 6) is -0.159. The van der Waals surface area contributed by atoms with Gasteiger partial charge in [0, 0.05) is 5.56 Å². The third kappa shape index (κ3) is 6.00. The second-order valence-electron chi connectivity index (χ2n) is 7.66. The van der Waals surface area contributed by atoms with Crippen molar-refractivity contribution in [2.45, 2.75) is 0 Å². The van der Waals surface area contributed by atoms with Gasteiger partial charge in [0.05, 0.1) is 24.2 Å². The predicted molar refractivity (Wildman–Crippen MR) is 137 cm³/mol. The molecule has 0 radical (unpaired) electrons. The van der Waals surface area contributed by atoms with Crippen LogP contribution in [0.25, 0.3) is 6.08 Å². The first kappa shape index (κ1) is 24.7. The number of benzene rings is 3. The molecule has 0 atom stereocenters. The van der Waals surface area contributed by atoms with Gasteiger partial charge in [0.2, 0.25) is 0 Å². The molecule has 182 valence electrons. The van der Waals surface area contributed by atoms with Gasteiger partial charge < -0.3 is 14.8 Å². The minimum atomic E-state index is -0.511. The summed E-state index contributed by atoms with van der Waals surface area (Å²) in [6.07, 6.45) is 1.58. The normalized spacial score (nSPS) is 14.1. The number of anilines is 1. The molecule has 0 unspecified atom stereocenters. The fourth-order valence-electron chi connectivity index (χ4n) is 3.39. The molecule has 1 aliphatic rings. The van der Waals surface area contributed by atoms with E-state index in [-0.39, 0.29) is 29.7 Å². The second-order valence-corrected chi connectivity index (χ2v) is 8.66. The summed E-state index contributed by atoms with van der Waals surface area (Å²) in [4.78, 5) is 50.9. The van der Waals surface area contributed by atoms with Crippen molar-refractivity contribution in [1.82, 2.24) is 4.90 Å². The van der Waals surface area contributed by atoms with Gasteiger partial charge in [0.1, 0.15) is 11.5 Å². The van der Waals surface area contributed by atoms with E-state index in [0.717, 1.165) is 16.7 Å². The van der Waals surface area contributed by atoms with E-state index in [0.29, 0.717) is 28.3 Å². The number of methoxy groups -OCH3 is 1. The van der Waals surface area contributed by atoms with E-state index < -0.39 is 11.1 Å². The Balaban J connectivity index is 1.33. The molecular formula is C27H22N2O6S. The van der Waals surface area contributed by atoms with Crippen LogP contribution in [0.3, 0.4) is 0 Å². The zero-order valence-corrected chi connectivity index (χ0v) is 20.1. The SMILES string of the molecule is COc1ccccc1NC(=O)COc1ccc(/C=C2\SC(=O)N(CC(=O)c3ccccc3)C2=O)cc1. The van der Waals surface area contributed by atoms with Crippen LogP contribution in [0.15, 0.2) is 83.8 Å². The Bertz CT molecular complexity index is 1320. The van der Waals surface area contributed by atoms with Crippen molar-refractivity contribution in [2.24, 2.45) is 0 Å². The first-order valence-corrected chi connectivity index (χ1v) is 11.8. The molecule has 36 heavy (non-hydrogen) atoms. The van der Waals surface area contributed by atoms with Gasteiger partial charge in [-0.3, -0.25) is 24.1 Å². The highest BCUT2D eigenvalue weighted by Gasteiger charge is 2.36. The molecular weight excluding hydrogens is 480 g/mol. The number of ketones is 1. The van der Waals surface area contributed by atoms with Crippen LogP contribution in [0.2, 0.25) is 0 Å². The van der Waals surface area contributed by atoms with Crippen molar-refractivity contribution in [2.75, 3.05) is 25.6 Å². The van der Waals surface area contributed by atoms with Crippen LogP contribution in [-0.4, -0.2) is 48.0 Å². The number of rotatable bonds is 9. The monoisotopic (exact) mass is 502 g/mol. The number of hydrogen-bond donors (Lipinski definition) is 1. The molecule has 1 aliphatic heterocycles. The highest BCUT2D eigenvalue weighted by atomic mass is 32.2. The highest BCUT2D eigenvalue weighted by Crippen LogP contribution is 2.32. The summed E-state index contributed by atoms with van der Waals surface area (Å²) >= 11 is 0.788. The molecule has 1 N–H and O–H groups in total. The van der Waals surface area contributed by atoms with E-state index in [4.69, 9.17) is 9.47 Å². The third-order valence-corrected chi connectivity index (χ3v) is 6.11. The van der Waals surface area contributed by atoms with Crippen LogP contribution >= 0.6 is 11.8 Å². The molecule has 1 heterocycles. The summed E-state index contributed by atoms with van der Waals surface area (Å²) < 4.78 is 10.7. The van der Waals surface area contributed by atoms with Crippen LogP contribution in [0.1, 0.15) is 15.9 Å². The summed E-state index contributed by atoms with van der Waals surface area (Å²) in [5, 5.41) is 2.24. The smallest absolute Gasteiger partial charge is 0.293 e. The number of para-hydroxylation sites is 2. The predicted octanol–water partition coefficient (Wildman–Crippen LogP) is 4.63. The number of hydrogen-bond acceptors (Lipinski definition) is 7. The Morgan fingerprint density at radius 3 is 2.36 bits per heavy atom. The number of imide groups is 1. The highest BCUT2D eigenvalue weighted by molar-refractivity contribution is 8.18. The molecule has 8 nitrogen and oxygen atoms in total. The Kier molecular flexibility index (Phi) is 7.82. The molecule has 4 rings (SSSR count). The van der Waals surface area contributed by atoms with Gasteiger partial charge in [-0.25, -0.2) is 0 Å². The fourth-order valence-corrected chi connectivity index (χ4v) is 4.23. The number of amides is 3. The summed E-state index contributed by atoms with van der Waals surface area (Å²) in [5.41, 5.74) is 1.65. The second kappa shape index (κ2) is 11.4. The minimum absolute atomic E-state index is 0.203. The van der Waals surface area contributed by atoms with Crippen molar-refractivity contribution in [3.05, 3.63) is 94.9 Å². The summed E-state index contributed by atoms with van der Waals surface area (Å²) in [6.45, 7) is -0.512. The number of nitrogens with zero attached hydrogens (tertiary/aromatic N) is 1. The van der Waals surface area contributed by atoms with Gasteiger partial charge in [-0.15, -0.1) is 0 Å². The van der Waals surface area contributed by atoms with Crippen LogP contribution in [0.5, 0.6) is 11.5 Å². The average Bonchev–Trinajstić information content (AvgIpc) is 3.16. The van der Waals surface area contributed by atoms with Crippen LogP contribution in [-0.2, 0) is 9.59 Å². The quantitative estimate of drug-likeness (QED) is 0.336. The van der Waals surface area contributed by atoms with E-state index in [1.165, 1.54) is 7.11 Å². The van der Waals surface area contributed by atoms with E-state index in [9.17, 15) is 19.2 Å². The number of carbonyl (C=O) groups is 4. The molecule has 3 amide bonds. The lowest BCUT2D eigenvalue weighted by molar-refractivity contribution is -0.122. The molecule has 9 heteroatoms. The lowest BCUT2D eigenvalue weighted by Crippen LogP contribution is -2.33. The lowest BCUT2D eigenvalue weighted by Gasteiger charge is -2.11. The van der Waals surface area contributed by atoms with E-state index in [1.54, 1.807) is 84.9 Å². The average molecular weight is 503 g/mol. The van der Waals surface area contributed by atoms with Crippen molar-refractivity contribution in [1.29, 1.82) is 0 Å². The number of carbonyl (C=O) groups excluding carboxylic acids is 4. The van der Waals surface area contributed by atoms with Crippen LogP contribution in [0.4, 0.5) is 10.5 Å². The zero-order valence-electron chi connectivity index (χ0n) is 19.3. The summed E-state index contributed by atoms with van der Waals surface area (Å²) in [6, 6.07) is 22.3. The largest absolute Gasteiger partial charge is 0.495 e. The molecule has 0 saturated carbocycles. The first-order chi connectivity index (χ1) is 17.4. The molecule has 0 spiro atoms. The number of thioether (sulfide) groups is 1. The van der Waals surface area contributed by atoms with Gasteiger partial charge in [0.15, 0.2) is 12.4 Å². The molecule has 3 aromatic carbocycles. The molecule has 3 aromatic rings. The van der Waals surface area contributed by atoms with Crippen molar-refractivity contribution < 1.29 is 28.7 Å². The van der Waals surface area contributed by atoms with E-state index >= 15 is 0 Å². The van der Waals surface area contributed by atoms with Gasteiger partial charge in [-0.05, 0) is 47.7 Å². The maximum Gasteiger partial charge on any atom is 0.293 e. The van der Waals surface area contributed by atoms with E-state index in [1.807, 2.05) is 0 Å². The van der Waals surface area contributed by atoms with Gasteiger partial charge in [0.25, 0.3) is 17.1 Å². The zero-order chi connectivity index (χ0) is 25.5. The van der Waals surface area contributed by atoms with Crippen LogP contribution in [0, 0.1) is 0 Å². The third-order valence-electron chi connectivity index (χ3n) is 5.20. The lowest BCUT2D eigenvalue weighted by atomic mass is 10.1. The maximum absolute atomic E-state index is 12.7. The summed E-state index contributed by atoms with van der Waals surface area (Å²) in [7, 11) is 1.52. The first-order valence-electron chi connectivity index (χ1n) is 10.9. The fraction of sp³-hybridized carbons (Fsp3) is 0.111. The number of Topliss-reactive ketones (excluding diaryl/α,β-unsaturated/α-hetero) is 1. The standard InChI is InChI=1S/C27H22N2O6S/c1-34-23-10-6-5-9-21(23)28-25(31)17-35-20-13-11-18(12-14-20)15-24-26(32)29(27(33)36-24)16-22(30)19-7-3-2-4-8-19/h2-15H,16-17H2,1H3,(H,28,31)/b24-15-. The maximum atomic E-state index is 12.7. The van der Waals surface area contributed by atoms with Gasteiger partial charge >= 0.3 is 0 Å². The van der Waals surface area contributed by atoms with Crippen molar-refractivity contribution >= 4 is 46.4 Å². The molecule has 1 fully saturated rings. The Labute approximate surface area is 211 Å². The topological polar surface area (TPSA) is 102 Å². The van der Waals surface area contributed by atoms with Gasteiger partial charge in [-0.2, -0.15) is 0 Å². The molecule has 1 saturated heterocycles. The Hall–Kier alpha value is -4.37. The minimum Gasteiger partial charge on any atom is -0.495 e. The van der Waals surface area contributed by atoms with Crippen molar-refractivity contribution in [3.63, 3.8) is 0 Å². The molecule has 0 aliphatic carbocycles. The Morgan fingerprint density at radius 2 is 1.64 bits per heavy atom. The van der Waals surface area contributed by atoms with E-state index in [2.05, 4.69) is 5.32 Å². The Morgan fingerprint density at radius 1 is 0.944 bits per heavy atom. The number of nitrogens with one attached hydrogen (secondary N) is 1. The molecule has 0 bridgehead atoms. The van der Waals surface area contributed by atoms with Gasteiger partial charge in [-0.1, -0.05) is 54.6 Å². The molecule has 0 aromatic heterocycles. The van der Waals surface area contributed by atoms with Crippen molar-refractivity contribution in [3.8, 4) is 11.5 Å². The van der Waals surface area contributed by atoms with Crippen LogP contribution < -0.4 is 14.8 Å².